The number of anilines is 1. The summed E-state index contributed by atoms with van der Waals surface area (Å²) in [5, 5.41) is 0. The summed E-state index contributed by atoms with van der Waals surface area (Å²) >= 11 is 3.73. The van der Waals surface area contributed by atoms with Gasteiger partial charge in [0.2, 0.25) is 0 Å². The van der Waals surface area contributed by atoms with Crippen molar-refractivity contribution < 1.29 is 0 Å². The van der Waals surface area contributed by atoms with E-state index in [1.807, 2.05) is 6.20 Å². The van der Waals surface area contributed by atoms with Gasteiger partial charge in [0, 0.05) is 18.8 Å². The van der Waals surface area contributed by atoms with Crippen molar-refractivity contribution >= 4 is 21.7 Å². The number of hydrogen-bond acceptors (Lipinski definition) is 2. The quantitative estimate of drug-likeness (QED) is 0.768. The van der Waals surface area contributed by atoms with Crippen LogP contribution in [0.1, 0.15) is 44.1 Å². The molecule has 0 bridgehead atoms. The van der Waals surface area contributed by atoms with Crippen molar-refractivity contribution in [2.45, 2.75) is 51.5 Å². The topological polar surface area (TPSA) is 16.1 Å². The molecule has 3 heteroatoms. The first-order valence-corrected chi connectivity index (χ1v) is 7.94. The van der Waals surface area contributed by atoms with Crippen molar-refractivity contribution in [2.24, 2.45) is 5.92 Å². The second kappa shape index (κ2) is 5.20. The second-order valence-corrected chi connectivity index (χ2v) is 6.51. The van der Waals surface area contributed by atoms with Crippen molar-refractivity contribution in [1.29, 1.82) is 0 Å². The largest absolute Gasteiger partial charge is 0.352 e. The third-order valence-corrected chi connectivity index (χ3v) is 5.56. The Kier molecular flexibility index (Phi) is 3.60. The Labute approximate surface area is 118 Å². The van der Waals surface area contributed by atoms with Crippen LogP contribution in [0.2, 0.25) is 0 Å². The van der Waals surface area contributed by atoms with Gasteiger partial charge in [-0.15, -0.1) is 0 Å². The van der Waals surface area contributed by atoms with Crippen LogP contribution in [0.15, 0.2) is 16.7 Å². The molecule has 0 spiro atoms. The molecule has 1 saturated heterocycles. The molecule has 18 heavy (non-hydrogen) atoms. The summed E-state index contributed by atoms with van der Waals surface area (Å²) in [4.78, 5) is 7.21. The van der Waals surface area contributed by atoms with Crippen LogP contribution in [0.25, 0.3) is 0 Å². The summed E-state index contributed by atoms with van der Waals surface area (Å²) in [6, 6.07) is 2.81. The summed E-state index contributed by atoms with van der Waals surface area (Å²) in [5.41, 5.74) is 1.29. The molecule has 1 aromatic rings. The van der Waals surface area contributed by atoms with Crippen LogP contribution in [0.4, 0.5) is 5.82 Å². The highest BCUT2D eigenvalue weighted by atomic mass is 79.9. The zero-order valence-corrected chi connectivity index (χ0v) is 12.6. The third kappa shape index (κ3) is 2.18. The fraction of sp³-hybridized carbons (Fsp3) is 0.667. The zero-order valence-electron chi connectivity index (χ0n) is 11.0. The fourth-order valence-electron chi connectivity index (χ4n) is 3.61. The maximum absolute atomic E-state index is 4.63. The molecule has 0 amide bonds. The number of hydrogen-bond donors (Lipinski definition) is 0. The van der Waals surface area contributed by atoms with Gasteiger partial charge in [0.05, 0.1) is 4.47 Å². The van der Waals surface area contributed by atoms with Crippen molar-refractivity contribution in [2.75, 3.05) is 11.4 Å². The van der Waals surface area contributed by atoms with E-state index in [9.17, 15) is 0 Å². The fourth-order valence-corrected chi connectivity index (χ4v) is 4.08. The van der Waals surface area contributed by atoms with E-state index < -0.39 is 0 Å². The predicted molar refractivity (Wildman–Crippen MR) is 79.0 cm³/mol. The minimum Gasteiger partial charge on any atom is -0.352 e. The SMILES string of the molecule is Cc1ccnc(N2CCCC3CCCCC32)c1Br. The number of aromatic nitrogens is 1. The number of fused-ring (bicyclic) bond motifs is 1. The van der Waals surface area contributed by atoms with Gasteiger partial charge in [-0.05, 0) is 66.1 Å². The highest BCUT2D eigenvalue weighted by Crippen LogP contribution is 2.39. The van der Waals surface area contributed by atoms with Crippen LogP contribution in [0.5, 0.6) is 0 Å². The van der Waals surface area contributed by atoms with E-state index in [2.05, 4.69) is 38.8 Å². The van der Waals surface area contributed by atoms with Gasteiger partial charge in [-0.2, -0.15) is 0 Å². The van der Waals surface area contributed by atoms with E-state index in [-0.39, 0.29) is 0 Å². The molecule has 1 saturated carbocycles. The maximum Gasteiger partial charge on any atom is 0.143 e. The molecule has 2 nitrogen and oxygen atoms in total. The molecule has 1 aliphatic heterocycles. The molecule has 0 N–H and O–H groups in total. The van der Waals surface area contributed by atoms with E-state index in [0.717, 1.165) is 12.0 Å². The minimum absolute atomic E-state index is 0.734. The molecule has 98 valence electrons. The van der Waals surface area contributed by atoms with Gasteiger partial charge in [0.25, 0.3) is 0 Å². The monoisotopic (exact) mass is 308 g/mol. The van der Waals surface area contributed by atoms with Crippen LogP contribution in [-0.2, 0) is 0 Å². The molecule has 0 aromatic carbocycles. The lowest BCUT2D eigenvalue weighted by molar-refractivity contribution is 0.242. The van der Waals surface area contributed by atoms with Crippen molar-refractivity contribution in [3.05, 3.63) is 22.3 Å². The first-order valence-electron chi connectivity index (χ1n) is 7.15. The Morgan fingerprint density at radius 1 is 1.22 bits per heavy atom. The molecule has 2 fully saturated rings. The highest BCUT2D eigenvalue weighted by Gasteiger charge is 2.34. The Bertz CT molecular complexity index is 431. The number of aryl methyl sites for hydroxylation is 1. The Morgan fingerprint density at radius 3 is 2.89 bits per heavy atom. The van der Waals surface area contributed by atoms with Gasteiger partial charge in [0.1, 0.15) is 5.82 Å². The zero-order chi connectivity index (χ0) is 12.5. The number of halogens is 1. The average molecular weight is 309 g/mol. The smallest absolute Gasteiger partial charge is 0.143 e. The van der Waals surface area contributed by atoms with Gasteiger partial charge >= 0.3 is 0 Å². The van der Waals surface area contributed by atoms with Crippen molar-refractivity contribution in [3.8, 4) is 0 Å². The van der Waals surface area contributed by atoms with Crippen molar-refractivity contribution in [1.82, 2.24) is 4.98 Å². The summed E-state index contributed by atoms with van der Waals surface area (Å²) in [6.07, 6.45) is 10.3. The molecule has 1 aliphatic carbocycles. The van der Waals surface area contributed by atoms with Gasteiger partial charge in [-0.3, -0.25) is 0 Å². The van der Waals surface area contributed by atoms with E-state index in [0.29, 0.717) is 0 Å². The Morgan fingerprint density at radius 2 is 2.00 bits per heavy atom. The summed E-state index contributed by atoms with van der Waals surface area (Å²) in [6.45, 7) is 3.33. The second-order valence-electron chi connectivity index (χ2n) is 5.71. The number of piperidine rings is 1. The minimum atomic E-state index is 0.734. The van der Waals surface area contributed by atoms with E-state index in [1.54, 1.807) is 0 Å². The van der Waals surface area contributed by atoms with Crippen LogP contribution >= 0.6 is 15.9 Å². The van der Waals surface area contributed by atoms with Gasteiger partial charge in [-0.1, -0.05) is 12.8 Å². The Hall–Kier alpha value is -0.570. The lowest BCUT2D eigenvalue weighted by atomic mass is 9.78. The lowest BCUT2D eigenvalue weighted by Crippen LogP contribution is -2.47. The molecule has 2 atom stereocenters. The molecule has 1 aromatic heterocycles. The molecule has 2 aliphatic rings. The average Bonchev–Trinajstić information content (AvgIpc) is 2.41. The van der Waals surface area contributed by atoms with Crippen LogP contribution in [-0.4, -0.2) is 17.6 Å². The molecule has 2 unspecified atom stereocenters. The summed E-state index contributed by atoms with van der Waals surface area (Å²) < 4.78 is 1.19. The number of pyridine rings is 1. The molecule has 3 rings (SSSR count). The van der Waals surface area contributed by atoms with E-state index in [1.165, 1.54) is 60.9 Å². The molecule has 0 radical (unpaired) electrons. The third-order valence-electron chi connectivity index (χ3n) is 4.58. The van der Waals surface area contributed by atoms with Crippen LogP contribution in [0, 0.1) is 12.8 Å². The molecule has 2 heterocycles. The first kappa shape index (κ1) is 12.5. The molecular weight excluding hydrogens is 288 g/mol. The molecular formula is C15H21BrN2. The standard InChI is InChI=1S/C15H21BrN2/c1-11-8-9-17-15(14(11)16)18-10-4-6-12-5-2-3-7-13(12)18/h8-9,12-13H,2-7,10H2,1H3. The predicted octanol–water partition coefficient (Wildman–Crippen LogP) is 4.31. The first-order chi connectivity index (χ1) is 8.77. The highest BCUT2D eigenvalue weighted by molar-refractivity contribution is 9.10. The van der Waals surface area contributed by atoms with E-state index in [4.69, 9.17) is 0 Å². The summed E-state index contributed by atoms with van der Waals surface area (Å²) in [5.74, 6) is 2.08. The maximum atomic E-state index is 4.63. The normalized spacial score (nSPS) is 28.0. The lowest BCUT2D eigenvalue weighted by Gasteiger charge is -2.45. The van der Waals surface area contributed by atoms with Gasteiger partial charge in [-0.25, -0.2) is 4.98 Å². The number of nitrogens with zero attached hydrogens (tertiary/aromatic N) is 2. The van der Waals surface area contributed by atoms with Crippen LogP contribution < -0.4 is 4.90 Å². The van der Waals surface area contributed by atoms with Crippen LogP contribution in [0.3, 0.4) is 0 Å². The van der Waals surface area contributed by atoms with E-state index >= 15 is 0 Å². The van der Waals surface area contributed by atoms with Gasteiger partial charge in [0.15, 0.2) is 0 Å². The van der Waals surface area contributed by atoms with Gasteiger partial charge < -0.3 is 4.90 Å². The van der Waals surface area contributed by atoms with Crippen molar-refractivity contribution in [3.63, 3.8) is 0 Å². The summed E-state index contributed by atoms with van der Waals surface area (Å²) in [7, 11) is 0. The Balaban J connectivity index is 1.92. The number of rotatable bonds is 1.